The van der Waals surface area contributed by atoms with Crippen molar-refractivity contribution in [3.05, 3.63) is 24.3 Å². The van der Waals surface area contributed by atoms with Gasteiger partial charge in [-0.2, -0.15) is 0 Å². The minimum atomic E-state index is -1.04. The lowest BCUT2D eigenvalue weighted by Gasteiger charge is -2.35. The number of hydrogen-bond donors (Lipinski definition) is 1. The van der Waals surface area contributed by atoms with Crippen LogP contribution in [0.1, 0.15) is 26.7 Å². The van der Waals surface area contributed by atoms with Gasteiger partial charge in [-0.1, -0.05) is 12.1 Å². The maximum absolute atomic E-state index is 12.3. The highest BCUT2D eigenvalue weighted by molar-refractivity contribution is 5.78. The van der Waals surface area contributed by atoms with E-state index in [0.717, 1.165) is 0 Å². The van der Waals surface area contributed by atoms with E-state index < -0.39 is 12.1 Å². The first kappa shape index (κ1) is 19.1. The van der Waals surface area contributed by atoms with Gasteiger partial charge in [-0.3, -0.25) is 4.79 Å². The molecular formula is C18H25NO6. The SMILES string of the molecule is CCOc1ccccc1OCCCC(=O)N1CC(C(=O)O)O[C@H](C)C1. The van der Waals surface area contributed by atoms with Gasteiger partial charge in [-0.15, -0.1) is 0 Å². The zero-order valence-electron chi connectivity index (χ0n) is 14.6. The summed E-state index contributed by atoms with van der Waals surface area (Å²) in [5.41, 5.74) is 0. The normalized spacial score (nSPS) is 20.2. The number of hydrogen-bond acceptors (Lipinski definition) is 5. The van der Waals surface area contributed by atoms with Crippen LogP contribution < -0.4 is 9.47 Å². The summed E-state index contributed by atoms with van der Waals surface area (Å²) in [6, 6.07) is 7.41. The van der Waals surface area contributed by atoms with Crippen LogP contribution in [0, 0.1) is 0 Å². The number of ether oxygens (including phenoxy) is 3. The van der Waals surface area contributed by atoms with Gasteiger partial charge in [-0.25, -0.2) is 4.79 Å². The number of para-hydroxylation sites is 2. The molecule has 0 bridgehead atoms. The van der Waals surface area contributed by atoms with Crippen LogP contribution in [-0.2, 0) is 14.3 Å². The third-order valence-corrected chi connectivity index (χ3v) is 3.83. The van der Waals surface area contributed by atoms with Crippen LogP contribution in [0.3, 0.4) is 0 Å². The molecule has 1 amide bonds. The average molecular weight is 351 g/mol. The Kier molecular flexibility index (Phi) is 7.06. The lowest BCUT2D eigenvalue weighted by molar-refractivity contribution is -0.166. The molecule has 1 aromatic carbocycles. The molecule has 1 aromatic rings. The number of carboxylic acids is 1. The van der Waals surface area contributed by atoms with Gasteiger partial charge in [0.15, 0.2) is 17.6 Å². The van der Waals surface area contributed by atoms with Crippen molar-refractivity contribution in [2.45, 2.75) is 38.9 Å². The second-order valence-corrected chi connectivity index (χ2v) is 5.90. The smallest absolute Gasteiger partial charge is 0.334 e. The molecule has 7 heteroatoms. The fourth-order valence-corrected chi connectivity index (χ4v) is 2.70. The lowest BCUT2D eigenvalue weighted by atomic mass is 10.2. The number of morpholine rings is 1. The van der Waals surface area contributed by atoms with Crippen molar-refractivity contribution in [1.29, 1.82) is 0 Å². The van der Waals surface area contributed by atoms with Gasteiger partial charge in [-0.05, 0) is 32.4 Å². The van der Waals surface area contributed by atoms with Crippen LogP contribution in [0.25, 0.3) is 0 Å². The van der Waals surface area contributed by atoms with Crippen molar-refractivity contribution in [2.24, 2.45) is 0 Å². The molecule has 1 unspecified atom stereocenters. The van der Waals surface area contributed by atoms with Crippen molar-refractivity contribution in [2.75, 3.05) is 26.3 Å². The summed E-state index contributed by atoms with van der Waals surface area (Å²) in [6.07, 6.45) is -0.395. The van der Waals surface area contributed by atoms with E-state index in [2.05, 4.69) is 0 Å². The Labute approximate surface area is 147 Å². The van der Waals surface area contributed by atoms with Crippen molar-refractivity contribution in [1.82, 2.24) is 4.90 Å². The Hall–Kier alpha value is -2.28. The topological polar surface area (TPSA) is 85.3 Å². The molecule has 138 valence electrons. The Morgan fingerprint density at radius 2 is 1.92 bits per heavy atom. The number of carbonyl (C=O) groups is 2. The summed E-state index contributed by atoms with van der Waals surface area (Å²) in [4.78, 5) is 24.9. The van der Waals surface area contributed by atoms with E-state index in [0.29, 0.717) is 44.1 Å². The predicted molar refractivity (Wildman–Crippen MR) is 90.9 cm³/mol. The fraction of sp³-hybridized carbons (Fsp3) is 0.556. The molecule has 1 aliphatic heterocycles. The Morgan fingerprint density at radius 1 is 1.24 bits per heavy atom. The Morgan fingerprint density at radius 3 is 2.56 bits per heavy atom. The third-order valence-electron chi connectivity index (χ3n) is 3.83. The molecular weight excluding hydrogens is 326 g/mol. The number of carbonyl (C=O) groups excluding carboxylic acids is 1. The van der Waals surface area contributed by atoms with E-state index in [1.807, 2.05) is 31.2 Å². The number of carboxylic acid groups (broad SMARTS) is 1. The van der Waals surface area contributed by atoms with E-state index in [4.69, 9.17) is 19.3 Å². The molecule has 7 nitrogen and oxygen atoms in total. The Bertz CT molecular complexity index is 591. The van der Waals surface area contributed by atoms with E-state index in [1.165, 1.54) is 0 Å². The van der Waals surface area contributed by atoms with Gasteiger partial charge in [0.2, 0.25) is 5.91 Å². The zero-order chi connectivity index (χ0) is 18.2. The molecule has 0 saturated carbocycles. The molecule has 0 aromatic heterocycles. The van der Waals surface area contributed by atoms with E-state index >= 15 is 0 Å². The molecule has 1 aliphatic rings. The van der Waals surface area contributed by atoms with Gasteiger partial charge in [0.1, 0.15) is 0 Å². The molecule has 0 radical (unpaired) electrons. The van der Waals surface area contributed by atoms with Crippen LogP contribution in [0.2, 0.25) is 0 Å². The van der Waals surface area contributed by atoms with Crippen molar-refractivity contribution in [3.8, 4) is 11.5 Å². The van der Waals surface area contributed by atoms with E-state index in [9.17, 15) is 9.59 Å². The highest BCUT2D eigenvalue weighted by Gasteiger charge is 2.32. The number of nitrogens with zero attached hydrogens (tertiary/aromatic N) is 1. The minimum Gasteiger partial charge on any atom is -0.490 e. The van der Waals surface area contributed by atoms with E-state index in [1.54, 1.807) is 11.8 Å². The number of aliphatic carboxylic acids is 1. The standard InChI is InChI=1S/C18H25NO6/c1-3-23-14-7-4-5-8-15(14)24-10-6-9-17(20)19-11-13(2)25-16(12-19)18(21)22/h4-5,7-8,13,16H,3,6,9-12H2,1-2H3,(H,21,22)/t13-,16?/m1/s1. The molecule has 1 fully saturated rings. The predicted octanol–water partition coefficient (Wildman–Crippen LogP) is 1.94. The minimum absolute atomic E-state index is 0.0805. The highest BCUT2D eigenvalue weighted by atomic mass is 16.5. The first-order valence-electron chi connectivity index (χ1n) is 8.52. The van der Waals surface area contributed by atoms with Crippen LogP contribution in [0.4, 0.5) is 0 Å². The van der Waals surface area contributed by atoms with Crippen molar-refractivity contribution < 1.29 is 28.9 Å². The maximum Gasteiger partial charge on any atom is 0.334 e. The van der Waals surface area contributed by atoms with Crippen LogP contribution in [-0.4, -0.2) is 60.4 Å². The van der Waals surface area contributed by atoms with Gasteiger partial charge < -0.3 is 24.2 Å². The monoisotopic (exact) mass is 351 g/mol. The molecule has 2 atom stereocenters. The van der Waals surface area contributed by atoms with Crippen LogP contribution >= 0.6 is 0 Å². The summed E-state index contributed by atoms with van der Waals surface area (Å²) < 4.78 is 16.5. The average Bonchev–Trinajstić information content (AvgIpc) is 2.59. The molecule has 2 rings (SSSR count). The maximum atomic E-state index is 12.3. The molecule has 1 N–H and O–H groups in total. The first-order valence-corrected chi connectivity index (χ1v) is 8.52. The summed E-state index contributed by atoms with van der Waals surface area (Å²) in [5.74, 6) is 0.216. The fourth-order valence-electron chi connectivity index (χ4n) is 2.70. The van der Waals surface area contributed by atoms with Gasteiger partial charge in [0.25, 0.3) is 0 Å². The highest BCUT2D eigenvalue weighted by Crippen LogP contribution is 2.26. The van der Waals surface area contributed by atoms with Crippen molar-refractivity contribution in [3.63, 3.8) is 0 Å². The van der Waals surface area contributed by atoms with Crippen molar-refractivity contribution >= 4 is 11.9 Å². The van der Waals surface area contributed by atoms with Crippen LogP contribution in [0.5, 0.6) is 11.5 Å². The van der Waals surface area contributed by atoms with Crippen LogP contribution in [0.15, 0.2) is 24.3 Å². The molecule has 1 heterocycles. The first-order chi connectivity index (χ1) is 12.0. The molecule has 0 spiro atoms. The van der Waals surface area contributed by atoms with E-state index in [-0.39, 0.29) is 18.6 Å². The second-order valence-electron chi connectivity index (χ2n) is 5.90. The molecule has 1 saturated heterocycles. The van der Waals surface area contributed by atoms with Gasteiger partial charge in [0, 0.05) is 13.0 Å². The molecule has 0 aliphatic carbocycles. The summed E-state index contributed by atoms with van der Waals surface area (Å²) >= 11 is 0. The third kappa shape index (κ3) is 5.63. The largest absolute Gasteiger partial charge is 0.490 e. The Balaban J connectivity index is 1.78. The lowest BCUT2D eigenvalue weighted by Crippen LogP contribution is -2.51. The number of benzene rings is 1. The quantitative estimate of drug-likeness (QED) is 0.721. The van der Waals surface area contributed by atoms with Gasteiger partial charge in [0.05, 0.1) is 25.9 Å². The molecule has 25 heavy (non-hydrogen) atoms. The zero-order valence-corrected chi connectivity index (χ0v) is 14.6. The second kappa shape index (κ2) is 9.27. The number of rotatable bonds is 8. The summed E-state index contributed by atoms with van der Waals surface area (Å²) in [6.45, 7) is 5.12. The summed E-state index contributed by atoms with van der Waals surface area (Å²) in [5, 5.41) is 9.07. The number of amides is 1. The van der Waals surface area contributed by atoms with Gasteiger partial charge >= 0.3 is 5.97 Å². The summed E-state index contributed by atoms with van der Waals surface area (Å²) in [7, 11) is 0.